The van der Waals surface area contributed by atoms with Crippen molar-refractivity contribution in [2.75, 3.05) is 26.2 Å². The van der Waals surface area contributed by atoms with Crippen molar-refractivity contribution >= 4 is 22.0 Å². The first-order chi connectivity index (χ1) is 11.0. The molecule has 1 amide bonds. The third-order valence-electron chi connectivity index (χ3n) is 3.83. The summed E-state index contributed by atoms with van der Waals surface area (Å²) in [5.74, 6) is -0.304. The van der Waals surface area contributed by atoms with Crippen LogP contribution >= 0.6 is 0 Å². The van der Waals surface area contributed by atoms with Gasteiger partial charge < -0.3 is 10.4 Å². The molecule has 6 nitrogen and oxygen atoms in total. The number of aliphatic hydroxyl groups is 1. The minimum absolute atomic E-state index is 0.0940. The van der Waals surface area contributed by atoms with Crippen molar-refractivity contribution in [2.24, 2.45) is 5.92 Å². The lowest BCUT2D eigenvalue weighted by atomic mass is 9.97. The van der Waals surface area contributed by atoms with Gasteiger partial charge in [-0.1, -0.05) is 30.3 Å². The number of nitrogens with one attached hydrogen (secondary N) is 1. The second-order valence-electron chi connectivity index (χ2n) is 5.45. The first-order valence-corrected chi connectivity index (χ1v) is 9.15. The fourth-order valence-electron chi connectivity index (χ4n) is 2.51. The molecule has 0 bridgehead atoms. The number of hydrogen-bond acceptors (Lipinski definition) is 4. The third kappa shape index (κ3) is 5.16. The number of sulfonamides is 1. The molecular weight excluding hydrogens is 316 g/mol. The number of carbonyl (C=O) groups excluding carboxylic acids is 1. The summed E-state index contributed by atoms with van der Waals surface area (Å²) in [7, 11) is -3.47. The Balaban J connectivity index is 1.91. The molecule has 0 spiro atoms. The van der Waals surface area contributed by atoms with Gasteiger partial charge in [-0.05, 0) is 24.5 Å². The Morgan fingerprint density at radius 1 is 1.26 bits per heavy atom. The predicted molar refractivity (Wildman–Crippen MR) is 88.8 cm³/mol. The van der Waals surface area contributed by atoms with Crippen molar-refractivity contribution < 1.29 is 18.3 Å². The van der Waals surface area contributed by atoms with Crippen LogP contribution in [0.2, 0.25) is 0 Å². The molecule has 0 saturated carbocycles. The van der Waals surface area contributed by atoms with Crippen molar-refractivity contribution in [3.8, 4) is 0 Å². The zero-order valence-electron chi connectivity index (χ0n) is 12.9. The van der Waals surface area contributed by atoms with Gasteiger partial charge in [0.15, 0.2) is 0 Å². The topological polar surface area (TPSA) is 86.7 Å². The molecule has 1 aromatic rings. The van der Waals surface area contributed by atoms with E-state index in [1.807, 2.05) is 30.3 Å². The summed E-state index contributed by atoms with van der Waals surface area (Å²) in [6.45, 7) is 0.803. The summed E-state index contributed by atoms with van der Waals surface area (Å²) in [6, 6.07) is 9.25. The van der Waals surface area contributed by atoms with Crippen LogP contribution in [0.15, 0.2) is 35.7 Å². The van der Waals surface area contributed by atoms with E-state index in [0.717, 1.165) is 5.56 Å². The Bertz CT molecular complexity index is 635. The van der Waals surface area contributed by atoms with Crippen LogP contribution in [0.25, 0.3) is 6.08 Å². The molecule has 23 heavy (non-hydrogen) atoms. The van der Waals surface area contributed by atoms with Gasteiger partial charge in [-0.25, -0.2) is 8.42 Å². The SMILES string of the molecule is O=C(NCCO)C1CCN(S(=O)(=O)/C=C/c2ccccc2)CC1. The average Bonchev–Trinajstić information content (AvgIpc) is 2.59. The highest BCUT2D eigenvalue weighted by atomic mass is 32.2. The molecule has 2 N–H and O–H groups in total. The molecule has 0 aliphatic carbocycles. The fraction of sp³-hybridized carbons (Fsp3) is 0.438. The van der Waals surface area contributed by atoms with Gasteiger partial charge in [-0.2, -0.15) is 4.31 Å². The Morgan fingerprint density at radius 3 is 2.52 bits per heavy atom. The van der Waals surface area contributed by atoms with Crippen LogP contribution in [0.1, 0.15) is 18.4 Å². The second kappa shape index (κ2) is 8.24. The van der Waals surface area contributed by atoms with Gasteiger partial charge in [-0.3, -0.25) is 4.79 Å². The summed E-state index contributed by atoms with van der Waals surface area (Å²) < 4.78 is 26.0. The molecule has 126 valence electrons. The van der Waals surface area contributed by atoms with Crippen LogP contribution in [0.4, 0.5) is 0 Å². The van der Waals surface area contributed by atoms with Crippen LogP contribution in [0, 0.1) is 5.92 Å². The lowest BCUT2D eigenvalue weighted by Gasteiger charge is -2.29. The van der Waals surface area contributed by atoms with Gasteiger partial charge >= 0.3 is 0 Å². The molecule has 1 fully saturated rings. The highest BCUT2D eigenvalue weighted by Gasteiger charge is 2.29. The number of hydrogen-bond donors (Lipinski definition) is 2. The Kier molecular flexibility index (Phi) is 6.32. The van der Waals surface area contributed by atoms with Gasteiger partial charge in [0.1, 0.15) is 0 Å². The van der Waals surface area contributed by atoms with Crippen LogP contribution in [-0.2, 0) is 14.8 Å². The quantitative estimate of drug-likeness (QED) is 0.803. The van der Waals surface area contributed by atoms with Crippen LogP contribution in [-0.4, -0.2) is 50.0 Å². The van der Waals surface area contributed by atoms with E-state index in [2.05, 4.69) is 5.32 Å². The van der Waals surface area contributed by atoms with E-state index in [-0.39, 0.29) is 25.0 Å². The van der Waals surface area contributed by atoms with Gasteiger partial charge in [0.25, 0.3) is 0 Å². The largest absolute Gasteiger partial charge is 0.395 e. The van der Waals surface area contributed by atoms with Crippen molar-refractivity contribution in [3.05, 3.63) is 41.3 Å². The number of benzene rings is 1. The van der Waals surface area contributed by atoms with E-state index in [1.54, 1.807) is 6.08 Å². The molecule has 1 aromatic carbocycles. The maximum atomic E-state index is 12.3. The number of amides is 1. The summed E-state index contributed by atoms with van der Waals surface area (Å²) in [4.78, 5) is 11.8. The van der Waals surface area contributed by atoms with E-state index >= 15 is 0 Å². The van der Waals surface area contributed by atoms with E-state index in [4.69, 9.17) is 5.11 Å². The Hall–Kier alpha value is -1.70. The molecule has 1 saturated heterocycles. The van der Waals surface area contributed by atoms with Crippen LogP contribution in [0.3, 0.4) is 0 Å². The number of nitrogens with zero attached hydrogens (tertiary/aromatic N) is 1. The third-order valence-corrected chi connectivity index (χ3v) is 5.39. The van der Waals surface area contributed by atoms with Crippen molar-refractivity contribution in [2.45, 2.75) is 12.8 Å². The summed E-state index contributed by atoms with van der Waals surface area (Å²) in [5, 5.41) is 12.6. The molecule has 2 rings (SSSR count). The van der Waals surface area contributed by atoms with Gasteiger partial charge in [0.2, 0.25) is 15.9 Å². The second-order valence-corrected chi connectivity index (χ2v) is 7.26. The average molecular weight is 338 g/mol. The minimum atomic E-state index is -3.47. The number of carbonyl (C=O) groups is 1. The van der Waals surface area contributed by atoms with Crippen molar-refractivity contribution in [3.63, 3.8) is 0 Å². The van der Waals surface area contributed by atoms with E-state index in [0.29, 0.717) is 25.9 Å². The molecule has 1 heterocycles. The maximum absolute atomic E-state index is 12.3. The van der Waals surface area contributed by atoms with E-state index in [9.17, 15) is 13.2 Å². The smallest absolute Gasteiger partial charge is 0.236 e. The standard InChI is InChI=1S/C16H22N2O4S/c19-12-9-17-16(20)15-6-10-18(11-7-15)23(21,22)13-8-14-4-2-1-3-5-14/h1-5,8,13,15,19H,6-7,9-12H2,(H,17,20)/b13-8+. The summed E-state index contributed by atoms with van der Waals surface area (Å²) in [6.07, 6.45) is 2.57. The normalized spacial score (nSPS) is 17.4. The first-order valence-electron chi connectivity index (χ1n) is 7.65. The molecule has 0 radical (unpaired) electrons. The Labute approximate surface area is 136 Å². The highest BCUT2D eigenvalue weighted by molar-refractivity contribution is 7.92. The molecule has 1 aliphatic rings. The minimum Gasteiger partial charge on any atom is -0.395 e. The van der Waals surface area contributed by atoms with Crippen LogP contribution < -0.4 is 5.32 Å². The zero-order chi connectivity index (χ0) is 16.7. The van der Waals surface area contributed by atoms with Gasteiger partial charge in [-0.15, -0.1) is 0 Å². The summed E-state index contributed by atoms with van der Waals surface area (Å²) in [5.41, 5.74) is 0.828. The van der Waals surface area contributed by atoms with E-state index in [1.165, 1.54) is 9.71 Å². The molecular formula is C16H22N2O4S. The summed E-state index contributed by atoms with van der Waals surface area (Å²) >= 11 is 0. The zero-order valence-corrected chi connectivity index (χ0v) is 13.7. The number of piperidine rings is 1. The first kappa shape index (κ1) is 17.7. The van der Waals surface area contributed by atoms with Crippen molar-refractivity contribution in [1.29, 1.82) is 0 Å². The van der Waals surface area contributed by atoms with Gasteiger partial charge in [0.05, 0.1) is 6.61 Å². The molecule has 0 aromatic heterocycles. The predicted octanol–water partition coefficient (Wildman–Crippen LogP) is 0.808. The lowest BCUT2D eigenvalue weighted by molar-refractivity contribution is -0.126. The molecule has 1 aliphatic heterocycles. The maximum Gasteiger partial charge on any atom is 0.236 e. The fourth-order valence-corrected chi connectivity index (χ4v) is 3.73. The molecule has 7 heteroatoms. The van der Waals surface area contributed by atoms with Gasteiger partial charge in [0, 0.05) is 31.0 Å². The number of rotatable bonds is 6. The highest BCUT2D eigenvalue weighted by Crippen LogP contribution is 2.21. The Morgan fingerprint density at radius 2 is 1.91 bits per heavy atom. The molecule has 0 atom stereocenters. The van der Waals surface area contributed by atoms with E-state index < -0.39 is 10.0 Å². The monoisotopic (exact) mass is 338 g/mol. The van der Waals surface area contributed by atoms with Crippen LogP contribution in [0.5, 0.6) is 0 Å². The molecule has 0 unspecified atom stereocenters. The lowest BCUT2D eigenvalue weighted by Crippen LogP contribution is -2.42. The van der Waals surface area contributed by atoms with Crippen molar-refractivity contribution in [1.82, 2.24) is 9.62 Å². The number of aliphatic hydroxyl groups excluding tert-OH is 1.